The molecule has 0 N–H and O–H groups in total. The third kappa shape index (κ3) is 4.92. The number of hydrogen-bond acceptors (Lipinski definition) is 2. The lowest BCUT2D eigenvalue weighted by molar-refractivity contribution is -0.659. The summed E-state index contributed by atoms with van der Waals surface area (Å²) < 4.78 is 18.0. The summed E-state index contributed by atoms with van der Waals surface area (Å²) in [5.41, 5.74) is 14.3. The predicted molar refractivity (Wildman–Crippen MR) is 211 cm³/mol. The van der Waals surface area contributed by atoms with E-state index < -0.39 is 0 Å². The maximum atomic E-state index is 6.91. The Morgan fingerprint density at radius 3 is 2.00 bits per heavy atom. The number of rotatable bonds is 6. The Kier molecular flexibility index (Phi) is 7.25. The molecule has 9 rings (SSSR count). The van der Waals surface area contributed by atoms with Gasteiger partial charge in [-0.1, -0.05) is 119 Å². The van der Waals surface area contributed by atoms with E-state index in [1.165, 1.54) is 22.4 Å². The van der Waals surface area contributed by atoms with Gasteiger partial charge in [-0.25, -0.2) is 4.57 Å². The van der Waals surface area contributed by atoms with Crippen molar-refractivity contribution in [2.45, 2.75) is 46.5 Å². The first-order valence-corrected chi connectivity index (χ1v) is 18.0. The van der Waals surface area contributed by atoms with Crippen molar-refractivity contribution >= 4 is 43.9 Å². The monoisotopic (exact) mass is 665 g/mol. The Morgan fingerprint density at radius 2 is 1.24 bits per heavy atom. The third-order valence-corrected chi connectivity index (χ3v) is 10.6. The highest BCUT2D eigenvalue weighted by atomic mass is 16.3. The fraction of sp³-hybridized carbons (Fsp3) is 0.170. The summed E-state index contributed by atoms with van der Waals surface area (Å²) in [5, 5.41) is 4.46. The maximum Gasteiger partial charge on any atom is 0.297 e. The molecule has 4 heteroatoms. The van der Waals surface area contributed by atoms with Gasteiger partial charge in [0.05, 0.1) is 7.05 Å². The van der Waals surface area contributed by atoms with Crippen molar-refractivity contribution < 1.29 is 13.4 Å². The molecule has 3 aromatic heterocycles. The van der Waals surface area contributed by atoms with Gasteiger partial charge >= 0.3 is 0 Å². The van der Waals surface area contributed by atoms with Crippen LogP contribution in [0.4, 0.5) is 0 Å². The predicted octanol–water partition coefficient (Wildman–Crippen LogP) is 12.7. The second-order valence-electron chi connectivity index (χ2n) is 14.5. The van der Waals surface area contributed by atoms with Crippen LogP contribution < -0.4 is 4.57 Å². The highest BCUT2D eigenvalue weighted by molar-refractivity contribution is 6.12. The number of aromatic nitrogens is 2. The molecule has 0 aliphatic carbocycles. The highest BCUT2D eigenvalue weighted by Gasteiger charge is 2.29. The van der Waals surface area contributed by atoms with Crippen molar-refractivity contribution in [1.29, 1.82) is 0 Å². The minimum absolute atomic E-state index is 0.380. The van der Waals surface area contributed by atoms with Gasteiger partial charge in [-0.2, -0.15) is 4.57 Å². The number of aryl methyl sites for hydroxylation is 2. The Morgan fingerprint density at radius 1 is 0.569 bits per heavy atom. The van der Waals surface area contributed by atoms with Crippen molar-refractivity contribution in [3.63, 3.8) is 0 Å². The first-order chi connectivity index (χ1) is 24.8. The molecular formula is C47H41N2O2+. The number of fused-ring (bicyclic) bond motifs is 6. The molecule has 0 amide bonds. The van der Waals surface area contributed by atoms with Crippen molar-refractivity contribution in [3.8, 4) is 39.3 Å². The normalized spacial score (nSPS) is 12.1. The third-order valence-electron chi connectivity index (χ3n) is 10.6. The lowest BCUT2D eigenvalue weighted by Crippen LogP contribution is -2.29. The minimum Gasteiger partial charge on any atom is -0.455 e. The zero-order valence-corrected chi connectivity index (χ0v) is 30.0. The first kappa shape index (κ1) is 31.1. The van der Waals surface area contributed by atoms with Gasteiger partial charge in [0.1, 0.15) is 40.4 Å². The molecule has 0 radical (unpaired) electrons. The van der Waals surface area contributed by atoms with Crippen LogP contribution >= 0.6 is 0 Å². The largest absolute Gasteiger partial charge is 0.455 e. The van der Waals surface area contributed by atoms with Crippen LogP contribution in [-0.4, -0.2) is 4.57 Å². The van der Waals surface area contributed by atoms with E-state index >= 15 is 0 Å². The number of furan rings is 2. The molecule has 3 heterocycles. The molecule has 0 bridgehead atoms. The van der Waals surface area contributed by atoms with Gasteiger partial charge in [-0.05, 0) is 65.3 Å². The minimum atomic E-state index is 0.380. The standard InChI is InChI=1S/C47H41N2O2/c1-28(2)34-14-10-15-35(29(3)4)44(34)49-25-24-48(6)47(49)43-30(5)18-21-39-37-22-19-33(27-42(37)51-46(39)43)32-20-23-41-40(26-32)38-17-11-16-36(45(38)50-41)31-12-8-7-9-13-31/h7-29H,1-6H3/q+1. The van der Waals surface area contributed by atoms with Gasteiger partial charge in [0.2, 0.25) is 0 Å². The molecule has 6 aromatic carbocycles. The summed E-state index contributed by atoms with van der Waals surface area (Å²) in [6.45, 7) is 11.3. The van der Waals surface area contributed by atoms with E-state index in [9.17, 15) is 0 Å². The van der Waals surface area contributed by atoms with E-state index in [1.807, 2.05) is 6.07 Å². The van der Waals surface area contributed by atoms with E-state index in [0.717, 1.165) is 77.5 Å². The molecule has 4 nitrogen and oxygen atoms in total. The number of para-hydroxylation sites is 2. The van der Waals surface area contributed by atoms with Crippen molar-refractivity contribution in [3.05, 3.63) is 144 Å². The topological polar surface area (TPSA) is 35.1 Å². The van der Waals surface area contributed by atoms with E-state index in [1.54, 1.807) is 0 Å². The molecule has 0 aliphatic heterocycles. The quantitative estimate of drug-likeness (QED) is 0.166. The van der Waals surface area contributed by atoms with Crippen LogP contribution in [-0.2, 0) is 7.05 Å². The molecule has 0 fully saturated rings. The van der Waals surface area contributed by atoms with Crippen molar-refractivity contribution in [1.82, 2.24) is 4.57 Å². The van der Waals surface area contributed by atoms with E-state index in [2.05, 4.69) is 172 Å². The Hall–Kier alpha value is -5.87. The van der Waals surface area contributed by atoms with Gasteiger partial charge in [0.25, 0.3) is 5.82 Å². The van der Waals surface area contributed by atoms with Crippen molar-refractivity contribution in [2.24, 2.45) is 7.05 Å². The molecule has 0 saturated heterocycles. The average molecular weight is 666 g/mol. The lowest BCUT2D eigenvalue weighted by atomic mass is 9.92. The zero-order valence-electron chi connectivity index (χ0n) is 30.0. The van der Waals surface area contributed by atoms with Crippen molar-refractivity contribution in [2.75, 3.05) is 0 Å². The van der Waals surface area contributed by atoms with Crippen LogP contribution in [0.5, 0.6) is 0 Å². The van der Waals surface area contributed by atoms with Gasteiger partial charge in [-0.15, -0.1) is 0 Å². The van der Waals surface area contributed by atoms with Crippen LogP contribution in [0.1, 0.15) is 56.2 Å². The van der Waals surface area contributed by atoms with Crippen LogP contribution in [0, 0.1) is 6.92 Å². The zero-order chi connectivity index (χ0) is 35.0. The molecular weight excluding hydrogens is 625 g/mol. The number of hydrogen-bond donors (Lipinski definition) is 0. The summed E-state index contributed by atoms with van der Waals surface area (Å²) in [6.07, 6.45) is 4.37. The molecule has 0 unspecified atom stereocenters. The fourth-order valence-corrected chi connectivity index (χ4v) is 7.96. The van der Waals surface area contributed by atoms with Gasteiger partial charge in [0, 0.05) is 38.2 Å². The van der Waals surface area contributed by atoms with E-state index in [4.69, 9.17) is 8.83 Å². The summed E-state index contributed by atoms with van der Waals surface area (Å²) in [6, 6.07) is 41.2. The average Bonchev–Trinajstić information content (AvgIpc) is 3.83. The van der Waals surface area contributed by atoms with Crippen LogP contribution in [0.3, 0.4) is 0 Å². The SMILES string of the molecule is Cc1ccc2c(oc3cc(-c4ccc5oc6c(-c7ccccc7)cccc6c5c4)ccc32)c1-c1n(-c2c(C(C)C)cccc2C(C)C)cc[n+]1C. The Balaban J connectivity index is 1.20. The molecule has 0 atom stereocenters. The molecule has 0 saturated carbocycles. The fourth-order valence-electron chi connectivity index (χ4n) is 7.96. The Labute approximate surface area is 298 Å². The number of benzene rings is 6. The number of nitrogens with zero attached hydrogens (tertiary/aromatic N) is 2. The maximum absolute atomic E-state index is 6.91. The molecule has 9 aromatic rings. The second kappa shape index (κ2) is 11.9. The summed E-state index contributed by atoms with van der Waals surface area (Å²) in [7, 11) is 2.14. The Bertz CT molecular complexity index is 2750. The van der Waals surface area contributed by atoms with Gasteiger partial charge in [-0.3, -0.25) is 0 Å². The highest BCUT2D eigenvalue weighted by Crippen LogP contribution is 2.42. The second-order valence-corrected chi connectivity index (χ2v) is 14.5. The van der Waals surface area contributed by atoms with Gasteiger partial charge in [0.15, 0.2) is 5.58 Å². The van der Waals surface area contributed by atoms with Crippen LogP contribution in [0.25, 0.3) is 83.2 Å². The van der Waals surface area contributed by atoms with E-state index in [0.29, 0.717) is 11.8 Å². The smallest absolute Gasteiger partial charge is 0.297 e. The van der Waals surface area contributed by atoms with E-state index in [-0.39, 0.29) is 0 Å². The summed E-state index contributed by atoms with van der Waals surface area (Å²) >= 11 is 0. The molecule has 51 heavy (non-hydrogen) atoms. The summed E-state index contributed by atoms with van der Waals surface area (Å²) in [4.78, 5) is 0. The van der Waals surface area contributed by atoms with Crippen LogP contribution in [0.2, 0.25) is 0 Å². The van der Waals surface area contributed by atoms with Crippen LogP contribution in [0.15, 0.2) is 136 Å². The van der Waals surface area contributed by atoms with Gasteiger partial charge < -0.3 is 8.83 Å². The molecule has 0 aliphatic rings. The number of imidazole rings is 1. The lowest BCUT2D eigenvalue weighted by Gasteiger charge is -2.18. The molecule has 250 valence electrons. The first-order valence-electron chi connectivity index (χ1n) is 18.0. The summed E-state index contributed by atoms with van der Waals surface area (Å²) in [5.74, 6) is 1.87. The molecule has 0 spiro atoms.